The molecule has 0 bridgehead atoms. The second-order valence-corrected chi connectivity index (χ2v) is 4.86. The summed E-state index contributed by atoms with van der Waals surface area (Å²) in [6.45, 7) is 4.88. The molecule has 1 aliphatic heterocycles. The Balaban J connectivity index is 2.15. The second-order valence-electron chi connectivity index (χ2n) is 4.86. The van der Waals surface area contributed by atoms with Crippen molar-refractivity contribution in [3.63, 3.8) is 0 Å². The van der Waals surface area contributed by atoms with Crippen LogP contribution in [0.15, 0.2) is 6.33 Å². The van der Waals surface area contributed by atoms with Gasteiger partial charge in [-0.05, 0) is 38.6 Å². The van der Waals surface area contributed by atoms with Crippen molar-refractivity contribution >= 4 is 5.82 Å². The molecule has 1 aromatic heterocycles. The molecule has 1 aromatic rings. The first kappa shape index (κ1) is 13.1. The molecule has 1 atom stereocenters. The SMILES string of the molecule is COc1ncnc(N2CCCC(CCN)C2)c1C. The maximum atomic E-state index is 5.65. The molecule has 1 saturated heterocycles. The number of aromatic nitrogens is 2. The number of ether oxygens (including phenoxy) is 1. The maximum Gasteiger partial charge on any atom is 0.221 e. The second kappa shape index (κ2) is 6.00. The molecule has 100 valence electrons. The van der Waals surface area contributed by atoms with Gasteiger partial charge in [0.25, 0.3) is 0 Å². The van der Waals surface area contributed by atoms with Gasteiger partial charge in [-0.25, -0.2) is 9.97 Å². The highest BCUT2D eigenvalue weighted by molar-refractivity contribution is 5.50. The minimum absolute atomic E-state index is 0.668. The molecule has 1 aliphatic rings. The fourth-order valence-electron chi connectivity index (χ4n) is 2.68. The molecule has 0 amide bonds. The molecule has 0 spiro atoms. The molecule has 0 aromatic carbocycles. The number of methoxy groups -OCH3 is 1. The Morgan fingerprint density at radius 1 is 1.50 bits per heavy atom. The van der Waals surface area contributed by atoms with Gasteiger partial charge in [-0.1, -0.05) is 0 Å². The Morgan fingerprint density at radius 3 is 3.06 bits per heavy atom. The van der Waals surface area contributed by atoms with E-state index in [1.54, 1.807) is 13.4 Å². The molecule has 2 N–H and O–H groups in total. The third-order valence-corrected chi connectivity index (χ3v) is 3.60. The van der Waals surface area contributed by atoms with Gasteiger partial charge in [0.2, 0.25) is 5.88 Å². The first-order valence-corrected chi connectivity index (χ1v) is 6.57. The number of nitrogens with zero attached hydrogens (tertiary/aromatic N) is 3. The van der Waals surface area contributed by atoms with Crippen molar-refractivity contribution in [3.8, 4) is 5.88 Å². The molecule has 1 unspecified atom stereocenters. The average molecular weight is 250 g/mol. The maximum absolute atomic E-state index is 5.65. The van der Waals surface area contributed by atoms with Crippen molar-refractivity contribution in [3.05, 3.63) is 11.9 Å². The van der Waals surface area contributed by atoms with E-state index in [9.17, 15) is 0 Å². The van der Waals surface area contributed by atoms with Crippen LogP contribution in [0.25, 0.3) is 0 Å². The third-order valence-electron chi connectivity index (χ3n) is 3.60. The zero-order valence-electron chi connectivity index (χ0n) is 11.2. The van der Waals surface area contributed by atoms with Crippen LogP contribution in [0.1, 0.15) is 24.8 Å². The van der Waals surface area contributed by atoms with Crippen molar-refractivity contribution < 1.29 is 4.74 Å². The quantitative estimate of drug-likeness (QED) is 0.874. The van der Waals surface area contributed by atoms with Gasteiger partial charge in [0.1, 0.15) is 12.1 Å². The molecule has 5 heteroatoms. The van der Waals surface area contributed by atoms with Crippen LogP contribution in [-0.2, 0) is 0 Å². The number of piperidine rings is 1. The van der Waals surface area contributed by atoms with Gasteiger partial charge in [0.05, 0.1) is 12.7 Å². The van der Waals surface area contributed by atoms with E-state index in [0.717, 1.165) is 37.4 Å². The molecule has 0 radical (unpaired) electrons. The average Bonchev–Trinajstić information content (AvgIpc) is 2.40. The highest BCUT2D eigenvalue weighted by Gasteiger charge is 2.22. The summed E-state index contributed by atoms with van der Waals surface area (Å²) in [6.07, 6.45) is 5.15. The summed E-state index contributed by atoms with van der Waals surface area (Å²) in [7, 11) is 1.65. The molecule has 5 nitrogen and oxygen atoms in total. The van der Waals surface area contributed by atoms with Crippen LogP contribution in [0.5, 0.6) is 5.88 Å². The first-order chi connectivity index (χ1) is 8.76. The Morgan fingerprint density at radius 2 is 2.33 bits per heavy atom. The van der Waals surface area contributed by atoms with Crippen LogP contribution in [0.2, 0.25) is 0 Å². The first-order valence-electron chi connectivity index (χ1n) is 6.57. The fourth-order valence-corrected chi connectivity index (χ4v) is 2.68. The monoisotopic (exact) mass is 250 g/mol. The molecule has 0 aliphatic carbocycles. The van der Waals surface area contributed by atoms with E-state index in [4.69, 9.17) is 10.5 Å². The molecule has 1 fully saturated rings. The molecular formula is C13H22N4O. The number of rotatable bonds is 4. The van der Waals surface area contributed by atoms with E-state index >= 15 is 0 Å². The number of hydrogen-bond donors (Lipinski definition) is 1. The zero-order valence-corrected chi connectivity index (χ0v) is 11.2. The molecule has 2 rings (SSSR count). The standard InChI is InChI=1S/C13H22N4O/c1-10-12(15-9-16-13(10)18-2)17-7-3-4-11(8-17)5-6-14/h9,11H,3-8,14H2,1-2H3. The Kier molecular flexibility index (Phi) is 4.36. The van der Waals surface area contributed by atoms with Crippen molar-refractivity contribution in [2.45, 2.75) is 26.2 Å². The van der Waals surface area contributed by atoms with Gasteiger partial charge in [-0.15, -0.1) is 0 Å². The summed E-state index contributed by atoms with van der Waals surface area (Å²) in [5.41, 5.74) is 6.68. The summed E-state index contributed by atoms with van der Waals surface area (Å²) in [5, 5.41) is 0. The normalized spacial score (nSPS) is 19.9. The van der Waals surface area contributed by atoms with E-state index < -0.39 is 0 Å². The van der Waals surface area contributed by atoms with Gasteiger partial charge >= 0.3 is 0 Å². The Bertz CT molecular complexity index is 395. The van der Waals surface area contributed by atoms with Crippen LogP contribution < -0.4 is 15.4 Å². The summed E-state index contributed by atoms with van der Waals surface area (Å²) >= 11 is 0. The molecule has 2 heterocycles. The third kappa shape index (κ3) is 2.72. The summed E-state index contributed by atoms with van der Waals surface area (Å²) in [6, 6.07) is 0. The highest BCUT2D eigenvalue weighted by atomic mass is 16.5. The predicted octanol–water partition coefficient (Wildman–Crippen LogP) is 1.36. The summed E-state index contributed by atoms with van der Waals surface area (Å²) in [5.74, 6) is 2.36. The van der Waals surface area contributed by atoms with Gasteiger partial charge in [-0.3, -0.25) is 0 Å². The zero-order chi connectivity index (χ0) is 13.0. The molecule has 18 heavy (non-hydrogen) atoms. The van der Waals surface area contributed by atoms with Crippen molar-refractivity contribution in [2.24, 2.45) is 11.7 Å². The predicted molar refractivity (Wildman–Crippen MR) is 71.9 cm³/mol. The van der Waals surface area contributed by atoms with Gasteiger partial charge < -0.3 is 15.4 Å². The lowest BCUT2D eigenvalue weighted by Crippen LogP contribution is -2.37. The Hall–Kier alpha value is -1.36. The minimum Gasteiger partial charge on any atom is -0.481 e. The van der Waals surface area contributed by atoms with E-state index in [0.29, 0.717) is 11.8 Å². The summed E-state index contributed by atoms with van der Waals surface area (Å²) < 4.78 is 5.25. The van der Waals surface area contributed by atoms with E-state index in [1.165, 1.54) is 12.8 Å². The van der Waals surface area contributed by atoms with Crippen LogP contribution in [-0.4, -0.2) is 36.7 Å². The largest absolute Gasteiger partial charge is 0.481 e. The van der Waals surface area contributed by atoms with Gasteiger partial charge in [-0.2, -0.15) is 0 Å². The highest BCUT2D eigenvalue weighted by Crippen LogP contribution is 2.28. The van der Waals surface area contributed by atoms with Crippen LogP contribution in [0.4, 0.5) is 5.82 Å². The lowest BCUT2D eigenvalue weighted by atomic mass is 9.94. The number of anilines is 1. The van der Waals surface area contributed by atoms with E-state index in [-0.39, 0.29) is 0 Å². The minimum atomic E-state index is 0.668. The lowest BCUT2D eigenvalue weighted by Gasteiger charge is -2.34. The van der Waals surface area contributed by atoms with E-state index in [2.05, 4.69) is 14.9 Å². The van der Waals surface area contributed by atoms with Crippen molar-refractivity contribution in [1.29, 1.82) is 0 Å². The summed E-state index contributed by atoms with van der Waals surface area (Å²) in [4.78, 5) is 10.9. The number of hydrogen-bond acceptors (Lipinski definition) is 5. The van der Waals surface area contributed by atoms with Crippen molar-refractivity contribution in [1.82, 2.24) is 9.97 Å². The lowest BCUT2D eigenvalue weighted by molar-refractivity contribution is 0.384. The number of nitrogens with two attached hydrogens (primary N) is 1. The van der Waals surface area contributed by atoms with Crippen LogP contribution >= 0.6 is 0 Å². The topological polar surface area (TPSA) is 64.3 Å². The van der Waals surface area contributed by atoms with Gasteiger partial charge in [0.15, 0.2) is 0 Å². The molecular weight excluding hydrogens is 228 g/mol. The fraction of sp³-hybridized carbons (Fsp3) is 0.692. The van der Waals surface area contributed by atoms with E-state index in [1.807, 2.05) is 6.92 Å². The van der Waals surface area contributed by atoms with Crippen LogP contribution in [0, 0.1) is 12.8 Å². The smallest absolute Gasteiger partial charge is 0.221 e. The van der Waals surface area contributed by atoms with Crippen molar-refractivity contribution in [2.75, 3.05) is 31.6 Å². The van der Waals surface area contributed by atoms with Gasteiger partial charge in [0, 0.05) is 13.1 Å². The molecule has 0 saturated carbocycles. The Labute approximate surface area is 108 Å². The van der Waals surface area contributed by atoms with Crippen LogP contribution in [0.3, 0.4) is 0 Å².